The van der Waals surface area contributed by atoms with Gasteiger partial charge in [-0.15, -0.1) is 11.3 Å². The molecule has 0 saturated carbocycles. The molecular weight excluding hydrogens is 466 g/mol. The lowest BCUT2D eigenvalue weighted by atomic mass is 10.2. The highest BCUT2D eigenvalue weighted by atomic mass is 35.5. The summed E-state index contributed by atoms with van der Waals surface area (Å²) in [6, 6.07) is 13.0. The number of benzene rings is 2. The van der Waals surface area contributed by atoms with Crippen molar-refractivity contribution >= 4 is 43.0 Å². The van der Waals surface area contributed by atoms with Crippen LogP contribution in [0.4, 0.5) is 0 Å². The third-order valence-corrected chi connectivity index (χ3v) is 8.94. The predicted molar refractivity (Wildman–Crippen MR) is 129 cm³/mol. The summed E-state index contributed by atoms with van der Waals surface area (Å²) in [4.78, 5) is 4.38. The summed E-state index contributed by atoms with van der Waals surface area (Å²) < 4.78 is 38.2. The van der Waals surface area contributed by atoms with Gasteiger partial charge in [-0.3, -0.25) is 4.57 Å². The molecule has 0 aliphatic rings. The maximum atomic E-state index is 13.2. The van der Waals surface area contributed by atoms with Crippen LogP contribution in [0.15, 0.2) is 52.9 Å². The molecule has 0 spiro atoms. The molecule has 9 heteroatoms. The van der Waals surface area contributed by atoms with Gasteiger partial charge in [0.05, 0.1) is 17.9 Å². The number of sulfonamides is 1. The second-order valence-electron chi connectivity index (χ2n) is 7.62. The summed E-state index contributed by atoms with van der Waals surface area (Å²) in [5.41, 5.74) is 2.55. The van der Waals surface area contributed by atoms with Crippen LogP contribution >= 0.6 is 22.9 Å². The van der Waals surface area contributed by atoms with E-state index in [0.29, 0.717) is 33.1 Å². The number of fused-ring (bicyclic) bond motifs is 1. The van der Waals surface area contributed by atoms with Gasteiger partial charge < -0.3 is 4.74 Å². The average molecular weight is 490 g/mol. The lowest BCUT2D eigenvalue weighted by Crippen LogP contribution is -2.28. The van der Waals surface area contributed by atoms with Crippen molar-refractivity contribution in [2.75, 3.05) is 0 Å². The Hall–Kier alpha value is -2.39. The van der Waals surface area contributed by atoms with Crippen LogP contribution in [0.2, 0.25) is 5.02 Å². The van der Waals surface area contributed by atoms with Crippen molar-refractivity contribution in [3.05, 3.63) is 70.5 Å². The standard InChI is InChI=1S/C23H24ClN3O3S2/c1-5-27-20(13-25-23(27)30-18-9-6-14(2)7-10-18)16(4)26-32(28,29)22-15(3)19-12-17(24)8-11-21(19)31-22/h6-13,16,26H,5H2,1-4H3. The lowest BCUT2D eigenvalue weighted by Gasteiger charge is -2.17. The van der Waals surface area contributed by atoms with Gasteiger partial charge in [-0.2, -0.15) is 0 Å². The molecule has 0 saturated heterocycles. The van der Waals surface area contributed by atoms with Crippen molar-refractivity contribution in [3.63, 3.8) is 0 Å². The number of hydrogen-bond acceptors (Lipinski definition) is 5. The smallest absolute Gasteiger partial charge is 0.302 e. The van der Waals surface area contributed by atoms with Crippen molar-refractivity contribution in [2.24, 2.45) is 0 Å². The molecule has 0 aliphatic heterocycles. The first-order chi connectivity index (χ1) is 15.2. The van der Waals surface area contributed by atoms with Crippen LogP contribution in [0.5, 0.6) is 11.8 Å². The zero-order chi connectivity index (χ0) is 23.0. The van der Waals surface area contributed by atoms with Crippen molar-refractivity contribution in [1.29, 1.82) is 0 Å². The van der Waals surface area contributed by atoms with Crippen molar-refractivity contribution in [3.8, 4) is 11.8 Å². The summed E-state index contributed by atoms with van der Waals surface area (Å²) in [6.45, 7) is 8.17. The number of ether oxygens (including phenoxy) is 1. The SMILES string of the molecule is CCn1c(C(C)NS(=O)(=O)c2sc3ccc(Cl)cc3c2C)cnc1Oc1ccc(C)cc1. The van der Waals surface area contributed by atoms with Crippen molar-refractivity contribution in [1.82, 2.24) is 14.3 Å². The minimum absolute atomic E-state index is 0.292. The Morgan fingerprint density at radius 1 is 1.19 bits per heavy atom. The first-order valence-electron chi connectivity index (χ1n) is 10.2. The Morgan fingerprint density at radius 3 is 2.59 bits per heavy atom. The van der Waals surface area contributed by atoms with Gasteiger partial charge in [0.15, 0.2) is 0 Å². The monoisotopic (exact) mass is 489 g/mol. The van der Waals surface area contributed by atoms with Gasteiger partial charge in [-0.1, -0.05) is 29.3 Å². The molecule has 2 aromatic heterocycles. The molecule has 32 heavy (non-hydrogen) atoms. The minimum Gasteiger partial charge on any atom is -0.426 e. The zero-order valence-corrected chi connectivity index (χ0v) is 20.6. The van der Waals surface area contributed by atoms with Crippen molar-refractivity contribution < 1.29 is 13.2 Å². The molecule has 0 fully saturated rings. The first kappa shape index (κ1) is 22.8. The second kappa shape index (κ2) is 8.86. The van der Waals surface area contributed by atoms with Gasteiger partial charge in [-0.25, -0.2) is 18.1 Å². The van der Waals surface area contributed by atoms with Gasteiger partial charge in [0, 0.05) is 16.3 Å². The van der Waals surface area contributed by atoms with E-state index in [-0.39, 0.29) is 0 Å². The molecule has 2 aromatic carbocycles. The van der Waals surface area contributed by atoms with Gasteiger partial charge in [0.1, 0.15) is 9.96 Å². The Labute approximate surface area is 196 Å². The van der Waals surface area contributed by atoms with Crippen LogP contribution in [0.25, 0.3) is 10.1 Å². The maximum Gasteiger partial charge on any atom is 0.302 e. The predicted octanol–water partition coefficient (Wildman–Crippen LogP) is 6.22. The number of nitrogens with one attached hydrogen (secondary N) is 1. The summed E-state index contributed by atoms with van der Waals surface area (Å²) in [6.07, 6.45) is 1.65. The molecule has 6 nitrogen and oxygen atoms in total. The fraction of sp³-hybridized carbons (Fsp3) is 0.261. The number of aromatic nitrogens is 2. The molecule has 1 unspecified atom stereocenters. The lowest BCUT2D eigenvalue weighted by molar-refractivity contribution is 0.408. The topological polar surface area (TPSA) is 73.2 Å². The van der Waals surface area contributed by atoms with E-state index in [1.807, 2.05) is 48.7 Å². The van der Waals surface area contributed by atoms with Crippen LogP contribution in [0.3, 0.4) is 0 Å². The van der Waals surface area contributed by atoms with Gasteiger partial charge in [0.25, 0.3) is 10.0 Å². The number of imidazole rings is 1. The van der Waals surface area contributed by atoms with Gasteiger partial charge in [0.2, 0.25) is 0 Å². The largest absolute Gasteiger partial charge is 0.426 e. The Balaban J connectivity index is 1.61. The fourth-order valence-electron chi connectivity index (χ4n) is 3.60. The quantitative estimate of drug-likeness (QED) is 0.334. The number of aryl methyl sites for hydroxylation is 2. The average Bonchev–Trinajstić information content (AvgIpc) is 3.30. The highest BCUT2D eigenvalue weighted by Crippen LogP contribution is 2.36. The molecule has 1 atom stereocenters. The third-order valence-electron chi connectivity index (χ3n) is 5.27. The highest BCUT2D eigenvalue weighted by molar-refractivity contribution is 7.91. The molecule has 4 aromatic rings. The Bertz CT molecular complexity index is 1380. The number of hydrogen-bond donors (Lipinski definition) is 1. The second-order valence-corrected chi connectivity index (χ2v) is 11.0. The summed E-state index contributed by atoms with van der Waals surface area (Å²) >= 11 is 7.34. The van der Waals surface area contributed by atoms with Crippen LogP contribution in [0, 0.1) is 13.8 Å². The Kier molecular flexibility index (Phi) is 6.31. The summed E-state index contributed by atoms with van der Waals surface area (Å²) in [5.74, 6) is 0.676. The van der Waals surface area contributed by atoms with Crippen LogP contribution in [0.1, 0.15) is 36.7 Å². The molecule has 0 radical (unpaired) electrons. The molecule has 0 bridgehead atoms. The van der Waals surface area contributed by atoms with Gasteiger partial charge in [-0.05, 0) is 69.0 Å². The number of nitrogens with zero attached hydrogens (tertiary/aromatic N) is 2. The molecular formula is C23H24ClN3O3S2. The number of rotatable bonds is 7. The molecule has 168 valence electrons. The summed E-state index contributed by atoms with van der Waals surface area (Å²) in [7, 11) is -3.75. The molecule has 1 N–H and O–H groups in total. The van der Waals surface area contributed by atoms with E-state index in [1.54, 1.807) is 32.2 Å². The molecule has 4 rings (SSSR count). The zero-order valence-electron chi connectivity index (χ0n) is 18.2. The minimum atomic E-state index is -3.75. The third kappa shape index (κ3) is 4.41. The van der Waals surface area contributed by atoms with E-state index < -0.39 is 16.1 Å². The summed E-state index contributed by atoms with van der Waals surface area (Å²) in [5, 5.41) is 1.43. The number of halogens is 1. The van der Waals surface area contributed by atoms with E-state index in [1.165, 1.54) is 11.3 Å². The van der Waals surface area contributed by atoms with Crippen molar-refractivity contribution in [2.45, 2.75) is 44.5 Å². The van der Waals surface area contributed by atoms with E-state index >= 15 is 0 Å². The fourth-order valence-corrected chi connectivity index (χ4v) is 6.75. The number of thiophene rings is 1. The highest BCUT2D eigenvalue weighted by Gasteiger charge is 2.26. The molecule has 2 heterocycles. The first-order valence-corrected chi connectivity index (χ1v) is 12.9. The van der Waals surface area contributed by atoms with E-state index in [9.17, 15) is 8.42 Å². The van der Waals surface area contributed by atoms with E-state index in [4.69, 9.17) is 16.3 Å². The molecule has 0 aliphatic carbocycles. The molecule has 0 amide bonds. The van der Waals surface area contributed by atoms with Gasteiger partial charge >= 0.3 is 6.01 Å². The normalized spacial score (nSPS) is 12.9. The van der Waals surface area contributed by atoms with Crippen LogP contribution in [-0.2, 0) is 16.6 Å². The Morgan fingerprint density at radius 2 is 1.91 bits per heavy atom. The maximum absolute atomic E-state index is 13.2. The van der Waals surface area contributed by atoms with E-state index in [2.05, 4.69) is 9.71 Å². The van der Waals surface area contributed by atoms with Crippen LogP contribution < -0.4 is 9.46 Å². The van der Waals surface area contributed by atoms with Crippen LogP contribution in [-0.4, -0.2) is 18.0 Å². The van der Waals surface area contributed by atoms with E-state index in [0.717, 1.165) is 21.3 Å².